The molecule has 2 aliphatic heterocycles. The van der Waals surface area contributed by atoms with Crippen LogP contribution in [0.25, 0.3) is 0 Å². The Hall–Kier alpha value is -2.12. The number of furan rings is 1. The van der Waals surface area contributed by atoms with Gasteiger partial charge in [-0.1, -0.05) is 0 Å². The molecule has 1 saturated heterocycles. The summed E-state index contributed by atoms with van der Waals surface area (Å²) in [6, 6.07) is 9.15. The van der Waals surface area contributed by atoms with Crippen LogP contribution in [0.3, 0.4) is 0 Å². The number of amides is 1. The normalized spacial score (nSPS) is 18.1. The van der Waals surface area contributed by atoms with Gasteiger partial charge in [0, 0.05) is 36.7 Å². The molecule has 0 aliphatic carbocycles. The molecule has 0 spiro atoms. The zero-order valence-corrected chi connectivity index (χ0v) is 14.6. The lowest BCUT2D eigenvalue weighted by Gasteiger charge is -2.33. The van der Waals surface area contributed by atoms with Crippen LogP contribution in [0.15, 0.2) is 41.0 Å². The number of ether oxygens (including phenoxy) is 2. The lowest BCUT2D eigenvalue weighted by Crippen LogP contribution is -2.41. The molecule has 1 atom stereocenters. The number of nitrogens with zero attached hydrogens (tertiary/aromatic N) is 1. The molecule has 1 N–H and O–H groups in total. The molecule has 4 rings (SSSR count). The maximum absolute atomic E-state index is 12.5. The Kier molecular flexibility index (Phi) is 4.85. The smallest absolute Gasteiger partial charge is 0.251 e. The van der Waals surface area contributed by atoms with Crippen molar-refractivity contribution in [1.82, 2.24) is 10.2 Å². The third-order valence-corrected chi connectivity index (χ3v) is 5.39. The van der Waals surface area contributed by atoms with Gasteiger partial charge in [0.1, 0.15) is 5.76 Å². The van der Waals surface area contributed by atoms with Gasteiger partial charge in [0.25, 0.3) is 5.91 Å². The van der Waals surface area contributed by atoms with Crippen molar-refractivity contribution in [2.24, 2.45) is 0 Å². The molecular formula is C18H20N2O4S. The van der Waals surface area contributed by atoms with Crippen LogP contribution >= 0.6 is 11.8 Å². The van der Waals surface area contributed by atoms with E-state index in [9.17, 15) is 4.79 Å². The van der Waals surface area contributed by atoms with Crippen molar-refractivity contribution in [3.63, 3.8) is 0 Å². The maximum atomic E-state index is 12.5. The van der Waals surface area contributed by atoms with Gasteiger partial charge in [-0.05, 0) is 30.3 Å². The van der Waals surface area contributed by atoms with E-state index in [-0.39, 0.29) is 18.7 Å². The van der Waals surface area contributed by atoms with Crippen LogP contribution in [0.5, 0.6) is 11.5 Å². The summed E-state index contributed by atoms with van der Waals surface area (Å²) in [5.41, 5.74) is 0.566. The first-order chi connectivity index (χ1) is 12.3. The SMILES string of the molecule is O=C(NC[C@@H](c1ccco1)N1CCSCC1)c1ccc2c(c1)OCO2. The molecule has 0 bridgehead atoms. The van der Waals surface area contributed by atoms with Crippen LogP contribution in [0.1, 0.15) is 22.2 Å². The average molecular weight is 360 g/mol. The summed E-state index contributed by atoms with van der Waals surface area (Å²) in [7, 11) is 0. The lowest BCUT2D eigenvalue weighted by atomic mass is 10.1. The Morgan fingerprint density at radius 2 is 2.04 bits per heavy atom. The first kappa shape index (κ1) is 16.4. The first-order valence-electron chi connectivity index (χ1n) is 8.34. The number of thioether (sulfide) groups is 1. The number of hydrogen-bond acceptors (Lipinski definition) is 6. The Morgan fingerprint density at radius 1 is 1.20 bits per heavy atom. The van der Waals surface area contributed by atoms with Gasteiger partial charge < -0.3 is 19.2 Å². The molecule has 1 aromatic carbocycles. The molecule has 132 valence electrons. The third kappa shape index (κ3) is 3.62. The van der Waals surface area contributed by atoms with Gasteiger partial charge in [0.2, 0.25) is 6.79 Å². The summed E-state index contributed by atoms with van der Waals surface area (Å²) in [6.45, 7) is 2.70. The molecule has 2 aromatic rings. The minimum atomic E-state index is -0.124. The molecule has 0 unspecified atom stereocenters. The van der Waals surface area contributed by atoms with Gasteiger partial charge in [-0.25, -0.2) is 0 Å². The molecule has 6 nitrogen and oxygen atoms in total. The topological polar surface area (TPSA) is 63.9 Å². The van der Waals surface area contributed by atoms with Crippen LogP contribution < -0.4 is 14.8 Å². The Bertz CT molecular complexity index is 729. The fourth-order valence-electron chi connectivity index (χ4n) is 3.11. The van der Waals surface area contributed by atoms with Gasteiger partial charge in [-0.3, -0.25) is 9.69 Å². The fraction of sp³-hybridized carbons (Fsp3) is 0.389. The molecular weight excluding hydrogens is 340 g/mol. The van der Waals surface area contributed by atoms with Gasteiger partial charge in [0.05, 0.1) is 12.3 Å². The number of fused-ring (bicyclic) bond motifs is 1. The second kappa shape index (κ2) is 7.41. The van der Waals surface area contributed by atoms with E-state index in [0.717, 1.165) is 30.4 Å². The maximum Gasteiger partial charge on any atom is 0.251 e. The summed E-state index contributed by atoms with van der Waals surface area (Å²) in [5.74, 6) is 4.26. The van der Waals surface area contributed by atoms with E-state index in [0.29, 0.717) is 23.6 Å². The quantitative estimate of drug-likeness (QED) is 0.884. The largest absolute Gasteiger partial charge is 0.468 e. The second-order valence-corrected chi connectivity index (χ2v) is 7.18. The number of carbonyl (C=O) groups excluding carboxylic acids is 1. The number of carbonyl (C=O) groups is 1. The van der Waals surface area contributed by atoms with Crippen LogP contribution in [0.4, 0.5) is 0 Å². The highest BCUT2D eigenvalue weighted by molar-refractivity contribution is 7.99. The number of hydrogen-bond donors (Lipinski definition) is 1. The number of benzene rings is 1. The Balaban J connectivity index is 1.44. The Labute approximate surface area is 150 Å². The highest BCUT2D eigenvalue weighted by Crippen LogP contribution is 2.32. The van der Waals surface area contributed by atoms with Crippen molar-refractivity contribution in [3.8, 4) is 11.5 Å². The molecule has 1 aromatic heterocycles. The number of rotatable bonds is 5. The van der Waals surface area contributed by atoms with E-state index in [1.54, 1.807) is 24.5 Å². The molecule has 3 heterocycles. The Morgan fingerprint density at radius 3 is 2.84 bits per heavy atom. The van der Waals surface area contributed by atoms with Crippen LogP contribution in [0.2, 0.25) is 0 Å². The van der Waals surface area contributed by atoms with Crippen LogP contribution in [-0.2, 0) is 0 Å². The standard InChI is InChI=1S/C18H20N2O4S/c21-18(13-3-4-16-17(10-13)24-12-23-16)19-11-14(15-2-1-7-22-15)20-5-8-25-9-6-20/h1-4,7,10,14H,5-6,8-9,11-12H2,(H,19,21)/t14-/m0/s1. The lowest BCUT2D eigenvalue weighted by molar-refractivity contribution is 0.0929. The van der Waals surface area contributed by atoms with Gasteiger partial charge in [-0.15, -0.1) is 0 Å². The zero-order valence-electron chi connectivity index (χ0n) is 13.8. The minimum absolute atomic E-state index is 0.0499. The highest BCUT2D eigenvalue weighted by Gasteiger charge is 2.25. The summed E-state index contributed by atoms with van der Waals surface area (Å²) >= 11 is 1.96. The molecule has 1 fully saturated rings. The summed E-state index contributed by atoms with van der Waals surface area (Å²) in [5, 5.41) is 3.03. The third-order valence-electron chi connectivity index (χ3n) is 4.45. The number of nitrogens with one attached hydrogen (secondary N) is 1. The summed E-state index contributed by atoms with van der Waals surface area (Å²) < 4.78 is 16.2. The van der Waals surface area contributed by atoms with Gasteiger partial charge in [-0.2, -0.15) is 11.8 Å². The monoisotopic (exact) mass is 360 g/mol. The average Bonchev–Trinajstić information content (AvgIpc) is 3.34. The van der Waals surface area contributed by atoms with Crippen molar-refractivity contribution in [2.75, 3.05) is 37.9 Å². The minimum Gasteiger partial charge on any atom is -0.468 e. The van der Waals surface area contributed by atoms with E-state index in [2.05, 4.69) is 10.2 Å². The van der Waals surface area contributed by atoms with E-state index in [4.69, 9.17) is 13.9 Å². The summed E-state index contributed by atoms with van der Waals surface area (Å²) in [6.07, 6.45) is 1.68. The van der Waals surface area contributed by atoms with Crippen LogP contribution in [-0.4, -0.2) is 48.7 Å². The van der Waals surface area contributed by atoms with Crippen molar-refractivity contribution in [3.05, 3.63) is 47.9 Å². The molecule has 7 heteroatoms. The van der Waals surface area contributed by atoms with Crippen molar-refractivity contribution in [2.45, 2.75) is 6.04 Å². The zero-order chi connectivity index (χ0) is 17.1. The van der Waals surface area contributed by atoms with E-state index < -0.39 is 0 Å². The molecule has 2 aliphatic rings. The van der Waals surface area contributed by atoms with Gasteiger partial charge >= 0.3 is 0 Å². The van der Waals surface area contributed by atoms with E-state index in [1.807, 2.05) is 23.9 Å². The van der Waals surface area contributed by atoms with Crippen molar-refractivity contribution < 1.29 is 18.7 Å². The predicted octanol–water partition coefficient (Wildman–Crippen LogP) is 2.53. The molecule has 25 heavy (non-hydrogen) atoms. The predicted molar refractivity (Wildman–Crippen MR) is 95.2 cm³/mol. The first-order valence-corrected chi connectivity index (χ1v) is 9.50. The summed E-state index contributed by atoms with van der Waals surface area (Å²) in [4.78, 5) is 14.9. The molecule has 0 saturated carbocycles. The van der Waals surface area contributed by atoms with Gasteiger partial charge in [0.15, 0.2) is 11.5 Å². The van der Waals surface area contributed by atoms with Crippen LogP contribution in [0, 0.1) is 0 Å². The van der Waals surface area contributed by atoms with Crippen molar-refractivity contribution >= 4 is 17.7 Å². The fourth-order valence-corrected chi connectivity index (χ4v) is 4.04. The van der Waals surface area contributed by atoms with Crippen molar-refractivity contribution in [1.29, 1.82) is 0 Å². The molecule has 1 amide bonds. The van der Waals surface area contributed by atoms with E-state index in [1.165, 1.54) is 0 Å². The second-order valence-electron chi connectivity index (χ2n) is 5.96. The highest BCUT2D eigenvalue weighted by atomic mass is 32.2. The molecule has 0 radical (unpaired) electrons. The van der Waals surface area contributed by atoms with E-state index >= 15 is 0 Å².